The van der Waals surface area contributed by atoms with Gasteiger partial charge in [0.1, 0.15) is 6.04 Å². The fourth-order valence-electron chi connectivity index (χ4n) is 3.69. The standard InChI is InChI=1S/C22H28ClN3O2S/c1-15(2)20(25-21(27)19-9-6-12-29-19)22(28)24-14-18(26-10-3-4-11-26)16-7-5-8-17(23)13-16/h5-9,12-13,15,18,20H,3-4,10-11,14H2,1-2H3,(H,24,28)(H,25,27). The second kappa shape index (κ2) is 10.2. The Bertz CT molecular complexity index is 819. The van der Waals surface area contributed by atoms with E-state index in [2.05, 4.69) is 21.6 Å². The van der Waals surface area contributed by atoms with Crippen LogP contribution in [-0.2, 0) is 4.79 Å². The van der Waals surface area contributed by atoms with Gasteiger partial charge < -0.3 is 10.6 Å². The highest BCUT2D eigenvalue weighted by atomic mass is 35.5. The lowest BCUT2D eigenvalue weighted by molar-refractivity contribution is -0.124. The van der Waals surface area contributed by atoms with Gasteiger partial charge in [0.2, 0.25) is 5.91 Å². The lowest BCUT2D eigenvalue weighted by Gasteiger charge is -2.29. The van der Waals surface area contributed by atoms with Gasteiger partial charge in [-0.15, -0.1) is 11.3 Å². The van der Waals surface area contributed by atoms with Crippen molar-refractivity contribution in [2.24, 2.45) is 5.92 Å². The molecule has 7 heteroatoms. The Labute approximate surface area is 181 Å². The average molecular weight is 434 g/mol. The Morgan fingerprint density at radius 2 is 1.93 bits per heavy atom. The summed E-state index contributed by atoms with van der Waals surface area (Å²) >= 11 is 7.57. The third-order valence-electron chi connectivity index (χ3n) is 5.27. The molecule has 2 N–H and O–H groups in total. The molecule has 1 fully saturated rings. The zero-order valence-electron chi connectivity index (χ0n) is 16.9. The molecule has 2 amide bonds. The van der Waals surface area contributed by atoms with E-state index in [1.54, 1.807) is 6.07 Å². The highest BCUT2D eigenvalue weighted by Gasteiger charge is 2.28. The van der Waals surface area contributed by atoms with Gasteiger partial charge in [-0.1, -0.05) is 43.6 Å². The Balaban J connectivity index is 1.68. The van der Waals surface area contributed by atoms with Crippen molar-refractivity contribution >= 4 is 34.8 Å². The van der Waals surface area contributed by atoms with Crippen LogP contribution in [0.15, 0.2) is 41.8 Å². The number of likely N-dealkylation sites (tertiary alicyclic amines) is 1. The van der Waals surface area contributed by atoms with Gasteiger partial charge in [0.15, 0.2) is 0 Å². The van der Waals surface area contributed by atoms with E-state index in [9.17, 15) is 9.59 Å². The van der Waals surface area contributed by atoms with Gasteiger partial charge in [-0.05, 0) is 61.0 Å². The van der Waals surface area contributed by atoms with Crippen LogP contribution >= 0.6 is 22.9 Å². The molecular formula is C22H28ClN3O2S. The van der Waals surface area contributed by atoms with Crippen molar-refractivity contribution in [2.45, 2.75) is 38.8 Å². The van der Waals surface area contributed by atoms with E-state index in [1.807, 2.05) is 43.5 Å². The number of nitrogens with one attached hydrogen (secondary N) is 2. The number of hydrogen-bond donors (Lipinski definition) is 2. The monoisotopic (exact) mass is 433 g/mol. The van der Waals surface area contributed by atoms with Crippen LogP contribution in [0.3, 0.4) is 0 Å². The van der Waals surface area contributed by atoms with Crippen LogP contribution in [0.25, 0.3) is 0 Å². The molecule has 1 aromatic heterocycles. The molecule has 2 unspecified atom stereocenters. The maximum Gasteiger partial charge on any atom is 0.262 e. The van der Waals surface area contributed by atoms with Crippen molar-refractivity contribution in [3.8, 4) is 0 Å². The summed E-state index contributed by atoms with van der Waals surface area (Å²) in [5.41, 5.74) is 1.10. The first-order valence-corrected chi connectivity index (χ1v) is 11.3. The zero-order chi connectivity index (χ0) is 20.8. The summed E-state index contributed by atoms with van der Waals surface area (Å²) in [6, 6.07) is 10.9. The van der Waals surface area contributed by atoms with E-state index in [1.165, 1.54) is 11.3 Å². The quantitative estimate of drug-likeness (QED) is 0.658. The van der Waals surface area contributed by atoms with Gasteiger partial charge in [-0.25, -0.2) is 0 Å². The number of benzene rings is 1. The molecule has 1 aliphatic rings. The molecule has 0 radical (unpaired) electrons. The molecule has 0 bridgehead atoms. The highest BCUT2D eigenvalue weighted by molar-refractivity contribution is 7.12. The van der Waals surface area contributed by atoms with Crippen LogP contribution in [0.2, 0.25) is 5.02 Å². The molecule has 156 valence electrons. The van der Waals surface area contributed by atoms with Crippen molar-refractivity contribution in [1.82, 2.24) is 15.5 Å². The maximum absolute atomic E-state index is 12.9. The summed E-state index contributed by atoms with van der Waals surface area (Å²) in [7, 11) is 0. The molecule has 1 aromatic carbocycles. The van der Waals surface area contributed by atoms with E-state index >= 15 is 0 Å². The number of thiophene rings is 1. The van der Waals surface area contributed by atoms with Crippen molar-refractivity contribution < 1.29 is 9.59 Å². The Morgan fingerprint density at radius 1 is 1.17 bits per heavy atom. The van der Waals surface area contributed by atoms with Crippen molar-refractivity contribution in [3.05, 3.63) is 57.2 Å². The second-order valence-corrected chi connectivity index (χ2v) is 9.12. The normalized spacial score (nSPS) is 16.6. The van der Waals surface area contributed by atoms with E-state index in [0.717, 1.165) is 31.5 Å². The number of hydrogen-bond acceptors (Lipinski definition) is 4. The predicted octanol–water partition coefficient (Wildman–Crippen LogP) is 4.11. The second-order valence-electron chi connectivity index (χ2n) is 7.73. The molecule has 0 saturated carbocycles. The lowest BCUT2D eigenvalue weighted by Crippen LogP contribution is -2.51. The first kappa shape index (κ1) is 21.8. The molecule has 3 rings (SSSR count). The van der Waals surface area contributed by atoms with Crippen LogP contribution in [-0.4, -0.2) is 42.4 Å². The SMILES string of the molecule is CC(C)C(NC(=O)c1cccs1)C(=O)NCC(c1cccc(Cl)c1)N1CCCC1. The van der Waals surface area contributed by atoms with Crippen molar-refractivity contribution in [3.63, 3.8) is 0 Å². The Hall–Kier alpha value is -1.89. The van der Waals surface area contributed by atoms with Gasteiger partial charge in [0.25, 0.3) is 5.91 Å². The fourth-order valence-corrected chi connectivity index (χ4v) is 4.51. The molecule has 1 saturated heterocycles. The zero-order valence-corrected chi connectivity index (χ0v) is 18.4. The molecule has 2 heterocycles. The number of nitrogens with zero attached hydrogens (tertiary/aromatic N) is 1. The van der Waals surface area contributed by atoms with Gasteiger partial charge in [0, 0.05) is 11.6 Å². The summed E-state index contributed by atoms with van der Waals surface area (Å²) in [4.78, 5) is 28.4. The summed E-state index contributed by atoms with van der Waals surface area (Å²) in [6.45, 7) is 6.38. The summed E-state index contributed by atoms with van der Waals surface area (Å²) in [6.07, 6.45) is 2.33. The van der Waals surface area contributed by atoms with Crippen molar-refractivity contribution in [1.29, 1.82) is 0 Å². The van der Waals surface area contributed by atoms with E-state index < -0.39 is 6.04 Å². The Kier molecular flexibility index (Phi) is 7.70. The van der Waals surface area contributed by atoms with E-state index in [4.69, 9.17) is 11.6 Å². The molecule has 5 nitrogen and oxygen atoms in total. The van der Waals surface area contributed by atoms with Gasteiger partial charge >= 0.3 is 0 Å². The van der Waals surface area contributed by atoms with Gasteiger partial charge in [0.05, 0.1) is 10.9 Å². The lowest BCUT2D eigenvalue weighted by atomic mass is 10.0. The van der Waals surface area contributed by atoms with Gasteiger partial charge in [-0.2, -0.15) is 0 Å². The maximum atomic E-state index is 12.9. The molecule has 0 aliphatic carbocycles. The van der Waals surface area contributed by atoms with E-state index in [-0.39, 0.29) is 23.8 Å². The molecule has 0 spiro atoms. The van der Waals surface area contributed by atoms with Crippen LogP contribution in [0, 0.1) is 5.92 Å². The number of amides is 2. The predicted molar refractivity (Wildman–Crippen MR) is 118 cm³/mol. The summed E-state index contributed by atoms with van der Waals surface area (Å²) in [5, 5.41) is 8.51. The average Bonchev–Trinajstić information content (AvgIpc) is 3.40. The summed E-state index contributed by atoms with van der Waals surface area (Å²) < 4.78 is 0. The minimum absolute atomic E-state index is 0.0182. The topological polar surface area (TPSA) is 61.4 Å². The van der Waals surface area contributed by atoms with Gasteiger partial charge in [-0.3, -0.25) is 14.5 Å². The molecular weight excluding hydrogens is 406 g/mol. The number of halogens is 1. The number of rotatable bonds is 8. The van der Waals surface area contributed by atoms with Crippen LogP contribution in [0.1, 0.15) is 48.0 Å². The molecule has 1 aliphatic heterocycles. The number of carbonyl (C=O) groups excluding carboxylic acids is 2. The minimum Gasteiger partial charge on any atom is -0.352 e. The first-order chi connectivity index (χ1) is 14.0. The molecule has 29 heavy (non-hydrogen) atoms. The third kappa shape index (κ3) is 5.81. The Morgan fingerprint density at radius 3 is 2.55 bits per heavy atom. The highest BCUT2D eigenvalue weighted by Crippen LogP contribution is 2.26. The smallest absolute Gasteiger partial charge is 0.262 e. The third-order valence-corrected chi connectivity index (χ3v) is 6.37. The first-order valence-electron chi connectivity index (χ1n) is 10.1. The molecule has 2 atom stereocenters. The van der Waals surface area contributed by atoms with Crippen LogP contribution in [0.4, 0.5) is 0 Å². The van der Waals surface area contributed by atoms with Crippen molar-refractivity contribution in [2.75, 3.05) is 19.6 Å². The van der Waals surface area contributed by atoms with Crippen LogP contribution < -0.4 is 10.6 Å². The fraction of sp³-hybridized carbons (Fsp3) is 0.455. The minimum atomic E-state index is -0.580. The summed E-state index contributed by atoms with van der Waals surface area (Å²) in [5.74, 6) is -0.383. The van der Waals surface area contributed by atoms with E-state index in [0.29, 0.717) is 16.4 Å². The van der Waals surface area contributed by atoms with Crippen LogP contribution in [0.5, 0.6) is 0 Å². The molecule has 2 aromatic rings. The number of carbonyl (C=O) groups is 2. The largest absolute Gasteiger partial charge is 0.352 e.